The fourth-order valence-electron chi connectivity index (χ4n) is 0.498. The van der Waals surface area contributed by atoms with Crippen LogP contribution in [0.15, 0.2) is 23.3 Å². The van der Waals surface area contributed by atoms with E-state index in [1.54, 1.807) is 0 Å². The van der Waals surface area contributed by atoms with Crippen LogP contribution in [0, 0.1) is 0 Å². The minimum Gasteiger partial charge on any atom is -0.0880 e. The first kappa shape index (κ1) is 8.96. The molecule has 0 spiro atoms. The van der Waals surface area contributed by atoms with Crippen molar-refractivity contribution in [1.82, 2.24) is 0 Å². The summed E-state index contributed by atoms with van der Waals surface area (Å²) >= 11 is 3.39. The molecule has 9 heavy (non-hydrogen) atoms. The maximum absolute atomic E-state index is 3.39. The molecule has 0 saturated carbocycles. The highest BCUT2D eigenvalue weighted by Gasteiger charge is 1.87. The quantitative estimate of drug-likeness (QED) is 0.461. The van der Waals surface area contributed by atoms with Crippen molar-refractivity contribution in [2.75, 3.05) is 5.33 Å². The van der Waals surface area contributed by atoms with Gasteiger partial charge in [-0.1, -0.05) is 39.2 Å². The van der Waals surface area contributed by atoms with Crippen LogP contribution >= 0.6 is 15.9 Å². The largest absolute Gasteiger partial charge is 0.0880 e. The highest BCUT2D eigenvalue weighted by molar-refractivity contribution is 9.09. The summed E-state index contributed by atoms with van der Waals surface area (Å²) in [6.45, 7) is 6.28. The van der Waals surface area contributed by atoms with E-state index in [0.29, 0.717) is 0 Å². The molecule has 0 aromatic carbocycles. The Balaban J connectivity index is 4.10. The predicted octanol–water partition coefficient (Wildman–Crippen LogP) is 3.29. The van der Waals surface area contributed by atoms with Crippen molar-refractivity contribution in [1.29, 1.82) is 0 Å². The Labute approximate surface area is 65.8 Å². The first-order valence-electron chi connectivity index (χ1n) is 3.07. The van der Waals surface area contributed by atoms with E-state index in [9.17, 15) is 0 Å². The maximum atomic E-state index is 3.39. The normalized spacial score (nSPS) is 14.2. The second-order valence-electron chi connectivity index (χ2n) is 2.10. The van der Waals surface area contributed by atoms with Crippen LogP contribution in [0.5, 0.6) is 0 Å². The number of alkyl halides is 1. The second kappa shape index (κ2) is 4.80. The average Bonchev–Trinajstić information content (AvgIpc) is 1.87. The first-order valence-corrected chi connectivity index (χ1v) is 4.19. The number of halogens is 1. The molecule has 0 N–H and O–H groups in total. The smallest absolute Gasteiger partial charge is 0.0244 e. The summed E-state index contributed by atoms with van der Waals surface area (Å²) in [7, 11) is 0. The minimum absolute atomic E-state index is 0.975. The zero-order chi connectivity index (χ0) is 7.28. The third-order valence-corrected chi connectivity index (χ3v) is 2.13. The highest BCUT2D eigenvalue weighted by Crippen LogP contribution is 2.06. The summed E-state index contributed by atoms with van der Waals surface area (Å²) < 4.78 is 0. The van der Waals surface area contributed by atoms with Crippen LogP contribution in [0.3, 0.4) is 0 Å². The number of hydrogen-bond acceptors (Lipinski definition) is 0. The van der Waals surface area contributed by atoms with Crippen molar-refractivity contribution in [2.24, 2.45) is 0 Å². The molecule has 0 aliphatic heterocycles. The Kier molecular flexibility index (Phi) is 4.78. The highest BCUT2D eigenvalue weighted by atomic mass is 79.9. The lowest BCUT2D eigenvalue weighted by molar-refractivity contribution is 1.31. The van der Waals surface area contributed by atoms with Gasteiger partial charge in [-0.25, -0.2) is 0 Å². The molecule has 0 aromatic heterocycles. The van der Waals surface area contributed by atoms with Crippen molar-refractivity contribution < 1.29 is 0 Å². The Morgan fingerprint density at radius 3 is 2.33 bits per heavy atom. The van der Waals surface area contributed by atoms with Crippen molar-refractivity contribution in [2.45, 2.75) is 20.8 Å². The summed E-state index contributed by atoms with van der Waals surface area (Å²) in [6.07, 6.45) is 4.18. The van der Waals surface area contributed by atoms with Gasteiger partial charge in [0.1, 0.15) is 0 Å². The van der Waals surface area contributed by atoms with Crippen LogP contribution in [0.2, 0.25) is 0 Å². The lowest BCUT2D eigenvalue weighted by atomic mass is 10.2. The first-order chi connectivity index (χ1) is 4.22. The maximum Gasteiger partial charge on any atom is 0.0244 e. The van der Waals surface area contributed by atoms with Gasteiger partial charge >= 0.3 is 0 Å². The molecule has 0 fully saturated rings. The average molecular weight is 189 g/mol. The fourth-order valence-corrected chi connectivity index (χ4v) is 0.940. The lowest BCUT2D eigenvalue weighted by Gasteiger charge is -1.96. The molecule has 0 unspecified atom stereocenters. The van der Waals surface area contributed by atoms with Crippen LogP contribution in [-0.2, 0) is 0 Å². The summed E-state index contributed by atoms with van der Waals surface area (Å²) in [5.74, 6) is 0. The monoisotopic (exact) mass is 188 g/mol. The van der Waals surface area contributed by atoms with Crippen LogP contribution in [0.25, 0.3) is 0 Å². The van der Waals surface area contributed by atoms with Gasteiger partial charge in [-0.2, -0.15) is 0 Å². The van der Waals surface area contributed by atoms with E-state index in [2.05, 4.69) is 41.9 Å². The van der Waals surface area contributed by atoms with Crippen LogP contribution in [-0.4, -0.2) is 5.33 Å². The Morgan fingerprint density at radius 1 is 1.44 bits per heavy atom. The van der Waals surface area contributed by atoms with Crippen molar-refractivity contribution >= 4 is 15.9 Å². The van der Waals surface area contributed by atoms with Gasteiger partial charge in [0.25, 0.3) is 0 Å². The van der Waals surface area contributed by atoms with E-state index in [4.69, 9.17) is 0 Å². The van der Waals surface area contributed by atoms with E-state index in [1.165, 1.54) is 11.1 Å². The fraction of sp³-hybridized carbons (Fsp3) is 0.500. The predicted molar refractivity (Wildman–Crippen MR) is 47.0 cm³/mol. The van der Waals surface area contributed by atoms with Crippen molar-refractivity contribution in [3.63, 3.8) is 0 Å². The molecule has 0 amide bonds. The van der Waals surface area contributed by atoms with E-state index in [1.807, 2.05) is 6.92 Å². The van der Waals surface area contributed by atoms with Gasteiger partial charge in [0, 0.05) is 5.33 Å². The van der Waals surface area contributed by atoms with Crippen molar-refractivity contribution in [3.05, 3.63) is 23.3 Å². The SMILES string of the molecule is C/C=C\C(C)=C(\C)CBr. The Bertz CT molecular complexity index is 132. The molecule has 0 aliphatic carbocycles. The zero-order valence-corrected chi connectivity index (χ0v) is 7.83. The second-order valence-corrected chi connectivity index (χ2v) is 2.66. The summed E-state index contributed by atoms with van der Waals surface area (Å²) in [5.41, 5.74) is 2.75. The molecule has 0 saturated heterocycles. The molecule has 0 aliphatic rings. The van der Waals surface area contributed by atoms with Gasteiger partial charge in [-0.15, -0.1) is 0 Å². The van der Waals surface area contributed by atoms with Crippen LogP contribution in [0.1, 0.15) is 20.8 Å². The molecular weight excluding hydrogens is 176 g/mol. The Morgan fingerprint density at radius 2 is 2.00 bits per heavy atom. The van der Waals surface area contributed by atoms with E-state index >= 15 is 0 Å². The number of rotatable bonds is 2. The van der Waals surface area contributed by atoms with Crippen LogP contribution < -0.4 is 0 Å². The van der Waals surface area contributed by atoms with E-state index < -0.39 is 0 Å². The minimum atomic E-state index is 0.975. The van der Waals surface area contributed by atoms with Crippen molar-refractivity contribution in [3.8, 4) is 0 Å². The molecule has 0 radical (unpaired) electrons. The molecule has 0 heterocycles. The number of allylic oxidation sites excluding steroid dienone is 4. The molecule has 0 bridgehead atoms. The molecule has 1 heteroatoms. The van der Waals surface area contributed by atoms with Gasteiger partial charge < -0.3 is 0 Å². The molecule has 0 rings (SSSR count). The third-order valence-electron chi connectivity index (χ3n) is 1.29. The van der Waals surface area contributed by atoms with Gasteiger partial charge in [-0.3, -0.25) is 0 Å². The van der Waals surface area contributed by atoms with Gasteiger partial charge in [0.2, 0.25) is 0 Å². The molecule has 0 nitrogen and oxygen atoms in total. The zero-order valence-electron chi connectivity index (χ0n) is 6.24. The topological polar surface area (TPSA) is 0 Å². The van der Waals surface area contributed by atoms with E-state index in [0.717, 1.165) is 5.33 Å². The van der Waals surface area contributed by atoms with Gasteiger partial charge in [0.05, 0.1) is 0 Å². The van der Waals surface area contributed by atoms with Gasteiger partial charge in [-0.05, 0) is 20.8 Å². The standard InChI is InChI=1S/C8H13Br/c1-4-5-7(2)8(3)6-9/h4-5H,6H2,1-3H3/b5-4-,8-7-. The molecule has 0 aromatic rings. The Hall–Kier alpha value is -0.0400. The molecule has 52 valence electrons. The summed E-state index contributed by atoms with van der Waals surface area (Å²) in [4.78, 5) is 0. The van der Waals surface area contributed by atoms with Crippen LogP contribution in [0.4, 0.5) is 0 Å². The van der Waals surface area contributed by atoms with Gasteiger partial charge in [0.15, 0.2) is 0 Å². The number of hydrogen-bond donors (Lipinski definition) is 0. The van der Waals surface area contributed by atoms with E-state index in [-0.39, 0.29) is 0 Å². The molecular formula is C8H13Br. The third kappa shape index (κ3) is 3.52. The lowest BCUT2D eigenvalue weighted by Crippen LogP contribution is -1.80. The summed E-state index contributed by atoms with van der Waals surface area (Å²) in [5, 5.41) is 0.975. The summed E-state index contributed by atoms with van der Waals surface area (Å²) in [6, 6.07) is 0. The molecule has 0 atom stereocenters.